The van der Waals surface area contributed by atoms with E-state index in [1.54, 1.807) is 17.7 Å². The van der Waals surface area contributed by atoms with E-state index >= 15 is 0 Å². The summed E-state index contributed by atoms with van der Waals surface area (Å²) in [7, 11) is 0. The zero-order valence-electron chi connectivity index (χ0n) is 11.1. The first kappa shape index (κ1) is 12.2. The van der Waals surface area contributed by atoms with Crippen molar-refractivity contribution in [2.45, 2.75) is 6.42 Å². The predicted molar refractivity (Wildman–Crippen MR) is 83.5 cm³/mol. The van der Waals surface area contributed by atoms with Crippen LogP contribution in [0.1, 0.15) is 5.01 Å². The Bertz CT molecular complexity index is 863. The lowest BCUT2D eigenvalue weighted by Gasteiger charge is -2.04. The number of hydrogen-bond acceptors (Lipinski definition) is 6. The zero-order valence-corrected chi connectivity index (χ0v) is 11.9. The zero-order chi connectivity index (χ0) is 14.1. The van der Waals surface area contributed by atoms with Crippen molar-refractivity contribution in [1.29, 1.82) is 0 Å². The number of anilines is 1. The van der Waals surface area contributed by atoms with E-state index in [0.717, 1.165) is 34.8 Å². The highest BCUT2D eigenvalue weighted by Gasteiger charge is 2.06. The summed E-state index contributed by atoms with van der Waals surface area (Å²) < 4.78 is 1.23. The number of nitrogens with one attached hydrogen (secondary N) is 2. The summed E-state index contributed by atoms with van der Waals surface area (Å²) in [5, 5.41) is 4.43. The van der Waals surface area contributed by atoms with Gasteiger partial charge in [-0.25, -0.2) is 19.9 Å². The molecule has 3 heterocycles. The highest BCUT2D eigenvalue weighted by Crippen LogP contribution is 2.22. The summed E-state index contributed by atoms with van der Waals surface area (Å²) in [5.74, 6) is 0.776. The van der Waals surface area contributed by atoms with Crippen molar-refractivity contribution in [1.82, 2.24) is 24.9 Å². The van der Waals surface area contributed by atoms with Crippen LogP contribution in [0.15, 0.2) is 36.9 Å². The number of thiazole rings is 1. The fourth-order valence-electron chi connectivity index (χ4n) is 2.21. The smallest absolute Gasteiger partial charge is 0.182 e. The van der Waals surface area contributed by atoms with Gasteiger partial charge in [0.15, 0.2) is 11.5 Å². The number of hydrogen-bond donors (Lipinski definition) is 2. The molecule has 0 aliphatic heterocycles. The quantitative estimate of drug-likeness (QED) is 0.605. The van der Waals surface area contributed by atoms with Crippen LogP contribution in [-0.2, 0) is 6.42 Å². The Kier molecular flexibility index (Phi) is 2.97. The van der Waals surface area contributed by atoms with Gasteiger partial charge in [0.25, 0.3) is 0 Å². The number of H-pyrrole nitrogens is 1. The molecular weight excluding hydrogens is 284 g/mol. The van der Waals surface area contributed by atoms with Crippen molar-refractivity contribution in [3.05, 3.63) is 41.9 Å². The first-order valence-electron chi connectivity index (χ1n) is 6.62. The van der Waals surface area contributed by atoms with E-state index in [0.29, 0.717) is 5.65 Å². The van der Waals surface area contributed by atoms with Crippen molar-refractivity contribution in [3.8, 4) is 0 Å². The average molecular weight is 296 g/mol. The number of para-hydroxylation sites is 1. The number of aromatic amines is 1. The van der Waals surface area contributed by atoms with Gasteiger partial charge in [0, 0.05) is 13.0 Å². The van der Waals surface area contributed by atoms with Gasteiger partial charge in [-0.15, -0.1) is 11.3 Å². The Morgan fingerprint density at radius 2 is 2.10 bits per heavy atom. The molecule has 0 spiro atoms. The van der Waals surface area contributed by atoms with Crippen LogP contribution < -0.4 is 5.32 Å². The molecule has 0 atom stereocenters. The maximum Gasteiger partial charge on any atom is 0.182 e. The molecule has 104 valence electrons. The van der Waals surface area contributed by atoms with Crippen LogP contribution in [0.25, 0.3) is 21.4 Å². The van der Waals surface area contributed by atoms with Gasteiger partial charge in [0.1, 0.15) is 11.8 Å². The second-order valence-electron chi connectivity index (χ2n) is 4.58. The predicted octanol–water partition coefficient (Wildman–Crippen LogP) is 2.62. The monoisotopic (exact) mass is 296 g/mol. The van der Waals surface area contributed by atoms with E-state index in [9.17, 15) is 0 Å². The lowest BCUT2D eigenvalue weighted by Crippen LogP contribution is -2.06. The fraction of sp³-hybridized carbons (Fsp3) is 0.143. The van der Waals surface area contributed by atoms with E-state index < -0.39 is 0 Å². The first-order chi connectivity index (χ1) is 10.4. The highest BCUT2D eigenvalue weighted by molar-refractivity contribution is 7.18. The average Bonchev–Trinajstić information content (AvgIpc) is 3.13. The molecule has 0 unspecified atom stereocenters. The summed E-state index contributed by atoms with van der Waals surface area (Å²) in [6.45, 7) is 0.769. The minimum Gasteiger partial charge on any atom is -0.368 e. The normalized spacial score (nSPS) is 11.2. The Hall–Kier alpha value is -2.54. The number of fused-ring (bicyclic) bond motifs is 2. The highest BCUT2D eigenvalue weighted by atomic mass is 32.1. The van der Waals surface area contributed by atoms with Gasteiger partial charge in [-0.1, -0.05) is 12.1 Å². The van der Waals surface area contributed by atoms with E-state index in [2.05, 4.69) is 36.3 Å². The molecule has 0 saturated carbocycles. The molecule has 0 saturated heterocycles. The number of benzene rings is 1. The van der Waals surface area contributed by atoms with Crippen LogP contribution in [0.3, 0.4) is 0 Å². The lowest BCUT2D eigenvalue weighted by molar-refractivity contribution is 0.992. The molecule has 21 heavy (non-hydrogen) atoms. The van der Waals surface area contributed by atoms with Crippen molar-refractivity contribution >= 4 is 38.5 Å². The van der Waals surface area contributed by atoms with E-state index in [4.69, 9.17) is 0 Å². The van der Waals surface area contributed by atoms with E-state index in [1.807, 2.05) is 18.2 Å². The Labute approximate surface area is 124 Å². The van der Waals surface area contributed by atoms with Crippen molar-refractivity contribution in [2.75, 3.05) is 11.9 Å². The van der Waals surface area contributed by atoms with Crippen LogP contribution >= 0.6 is 11.3 Å². The molecule has 4 rings (SSSR count). The van der Waals surface area contributed by atoms with Gasteiger partial charge in [-0.3, -0.25) is 0 Å². The largest absolute Gasteiger partial charge is 0.368 e. The minimum atomic E-state index is 0.674. The Morgan fingerprint density at radius 1 is 1.14 bits per heavy atom. The van der Waals surface area contributed by atoms with Gasteiger partial charge in [0.2, 0.25) is 0 Å². The second kappa shape index (κ2) is 5.10. The molecule has 0 radical (unpaired) electrons. The van der Waals surface area contributed by atoms with Crippen molar-refractivity contribution < 1.29 is 0 Å². The summed E-state index contributed by atoms with van der Waals surface area (Å²) in [6, 6.07) is 8.20. The standard InChI is InChI=1S/C14H12N6S/c1-2-4-10-9(3-1)20-11(21-10)5-6-15-13-12-14(17-7-16-12)19-8-18-13/h1-4,7-8H,5-6H2,(H2,15,16,17,18,19). The summed E-state index contributed by atoms with van der Waals surface area (Å²) in [6.07, 6.45) is 4.00. The molecule has 0 aliphatic rings. The maximum absolute atomic E-state index is 4.62. The number of rotatable bonds is 4. The van der Waals surface area contributed by atoms with Crippen LogP contribution in [0.2, 0.25) is 0 Å². The second-order valence-corrected chi connectivity index (χ2v) is 5.69. The molecule has 7 heteroatoms. The number of nitrogens with zero attached hydrogens (tertiary/aromatic N) is 4. The van der Waals surface area contributed by atoms with Crippen LogP contribution in [-0.4, -0.2) is 31.5 Å². The summed E-state index contributed by atoms with van der Waals surface area (Å²) in [5.41, 5.74) is 2.57. The van der Waals surface area contributed by atoms with Gasteiger partial charge >= 0.3 is 0 Å². The van der Waals surface area contributed by atoms with Crippen molar-refractivity contribution in [3.63, 3.8) is 0 Å². The van der Waals surface area contributed by atoms with Gasteiger partial charge in [-0.2, -0.15) is 0 Å². The topological polar surface area (TPSA) is 79.4 Å². The van der Waals surface area contributed by atoms with Crippen LogP contribution in [0.5, 0.6) is 0 Å². The molecule has 0 fully saturated rings. The molecule has 4 aromatic rings. The summed E-state index contributed by atoms with van der Waals surface area (Å²) >= 11 is 1.73. The Balaban J connectivity index is 1.48. The summed E-state index contributed by atoms with van der Waals surface area (Å²) in [4.78, 5) is 20.1. The van der Waals surface area contributed by atoms with Gasteiger partial charge < -0.3 is 10.3 Å². The maximum atomic E-state index is 4.62. The van der Waals surface area contributed by atoms with E-state index in [-0.39, 0.29) is 0 Å². The molecular formula is C14H12N6S. The van der Waals surface area contributed by atoms with Crippen LogP contribution in [0, 0.1) is 0 Å². The minimum absolute atomic E-state index is 0.674. The Morgan fingerprint density at radius 3 is 3.05 bits per heavy atom. The van der Waals surface area contributed by atoms with Gasteiger partial charge in [0.05, 0.1) is 21.6 Å². The molecule has 2 N–H and O–H groups in total. The van der Waals surface area contributed by atoms with Crippen molar-refractivity contribution in [2.24, 2.45) is 0 Å². The third-order valence-electron chi connectivity index (χ3n) is 3.19. The molecule has 0 amide bonds. The first-order valence-corrected chi connectivity index (χ1v) is 7.44. The molecule has 3 aromatic heterocycles. The molecule has 1 aromatic carbocycles. The number of aromatic nitrogens is 5. The van der Waals surface area contributed by atoms with Gasteiger partial charge in [-0.05, 0) is 12.1 Å². The molecule has 0 aliphatic carbocycles. The fourth-order valence-corrected chi connectivity index (χ4v) is 3.18. The SMILES string of the molecule is c1ccc2sc(CCNc3ncnc4nc[nH]c34)nc2c1. The third kappa shape index (κ3) is 2.31. The van der Waals surface area contributed by atoms with E-state index in [1.165, 1.54) is 11.0 Å². The lowest BCUT2D eigenvalue weighted by atomic mass is 10.3. The van der Waals surface area contributed by atoms with Crippen LogP contribution in [0.4, 0.5) is 5.82 Å². The molecule has 0 bridgehead atoms. The molecule has 6 nitrogen and oxygen atoms in total. The number of imidazole rings is 1. The third-order valence-corrected chi connectivity index (χ3v) is 4.29.